The molecule has 648 valence electrons. The zero-order valence-corrected chi connectivity index (χ0v) is 75.4. The molecular formula is C130H77N9O. The number of furan rings is 1. The lowest BCUT2D eigenvalue weighted by Crippen LogP contribution is -2.00. The summed E-state index contributed by atoms with van der Waals surface area (Å²) in [6.07, 6.45) is 0. The summed E-state index contributed by atoms with van der Waals surface area (Å²) in [5.74, 6) is 3.68. The maximum absolute atomic E-state index is 9.53. The Labute approximate surface area is 807 Å². The number of benzene rings is 21. The van der Waals surface area contributed by atoms with Crippen molar-refractivity contribution in [3.05, 3.63) is 478 Å². The van der Waals surface area contributed by atoms with Gasteiger partial charge in [0.1, 0.15) is 11.2 Å². The van der Waals surface area contributed by atoms with Gasteiger partial charge in [0, 0.05) is 60.6 Å². The third-order valence-corrected chi connectivity index (χ3v) is 27.7. The van der Waals surface area contributed by atoms with E-state index in [2.05, 4.69) is 369 Å². The summed E-state index contributed by atoms with van der Waals surface area (Å²) in [4.78, 5) is 30.3. The normalized spacial score (nSPS) is 11.6. The highest BCUT2D eigenvalue weighted by atomic mass is 16.3. The maximum Gasteiger partial charge on any atom is 0.164 e. The van der Waals surface area contributed by atoms with Gasteiger partial charge in [-0.3, -0.25) is 0 Å². The first-order valence-electron chi connectivity index (χ1n) is 46.9. The van der Waals surface area contributed by atoms with E-state index < -0.39 is 0 Å². The summed E-state index contributed by atoms with van der Waals surface area (Å²) in [5.41, 5.74) is 40.2. The number of fused-ring (bicyclic) bond motifs is 12. The van der Waals surface area contributed by atoms with Crippen LogP contribution in [0.5, 0.6) is 0 Å². The maximum atomic E-state index is 9.53. The summed E-state index contributed by atoms with van der Waals surface area (Å²) in [5, 5.41) is 28.5. The zero-order chi connectivity index (χ0) is 92.8. The lowest BCUT2D eigenvalue weighted by molar-refractivity contribution is 0.669. The Bertz CT molecular complexity index is 9240. The second kappa shape index (κ2) is 34.0. The fourth-order valence-electron chi connectivity index (χ4n) is 20.8. The standard InChI is InChI=1S/C68H41N5.C62H36N4O/c69-42-43-18-20-48(21-19-43)54-38-40-60-56-12-4-5-13-57(56)61-41-39-55(64(54)65(60)61)49-30-26-46(27-31-49)44-22-24-45(25-23-44)47-28-32-51(33-29-47)67-70-66(50-10-2-1-3-11-50)71-68(72-67)52-34-36-53(37-35-52)73-62-16-8-6-14-58(62)59-15-7-9-17-63(59)73;63-37-38-17-19-43(20-18-38)47-33-35-51-49-11-4-5-12-50(49)52-36-34-48(58(47)59(51)52)44-29-25-41(26-30-44)39-21-23-40(24-22-39)42-27-31-46(32-28-42)61-64-60(45-9-2-1-3-10-45)65-62(66-61)54-14-8-16-56-57(54)53-13-6-7-15-55(53)67-56/h1-41H;1-36H. The van der Waals surface area contributed by atoms with Crippen molar-refractivity contribution in [3.63, 3.8) is 0 Å². The monoisotopic (exact) mass is 1780 g/mol. The van der Waals surface area contributed by atoms with Crippen molar-refractivity contribution in [1.29, 1.82) is 10.5 Å². The highest BCUT2D eigenvalue weighted by molar-refractivity contribution is 6.25. The third-order valence-electron chi connectivity index (χ3n) is 27.7. The Morgan fingerprint density at radius 3 is 0.750 bits per heavy atom. The molecule has 0 atom stereocenters. The minimum atomic E-state index is 0.595. The molecule has 0 saturated heterocycles. The molecular weight excluding hydrogens is 1700 g/mol. The van der Waals surface area contributed by atoms with Crippen LogP contribution in [0, 0.1) is 22.7 Å². The molecule has 10 nitrogen and oxygen atoms in total. The zero-order valence-electron chi connectivity index (χ0n) is 75.4. The van der Waals surface area contributed by atoms with Gasteiger partial charge in [-0.1, -0.05) is 394 Å². The van der Waals surface area contributed by atoms with E-state index in [0.717, 1.165) is 139 Å². The second-order valence-electron chi connectivity index (χ2n) is 35.6. The van der Waals surface area contributed by atoms with Gasteiger partial charge in [0.15, 0.2) is 34.9 Å². The van der Waals surface area contributed by atoms with Gasteiger partial charge < -0.3 is 8.98 Å². The van der Waals surface area contributed by atoms with Crippen molar-refractivity contribution in [3.8, 4) is 220 Å². The van der Waals surface area contributed by atoms with Crippen molar-refractivity contribution in [1.82, 2.24) is 34.5 Å². The van der Waals surface area contributed by atoms with E-state index >= 15 is 0 Å². The van der Waals surface area contributed by atoms with Gasteiger partial charge in [-0.25, -0.2) is 29.9 Å². The van der Waals surface area contributed by atoms with Crippen molar-refractivity contribution in [2.24, 2.45) is 0 Å². The summed E-state index contributed by atoms with van der Waals surface area (Å²) >= 11 is 0. The highest BCUT2D eigenvalue weighted by Crippen LogP contribution is 2.55. The van der Waals surface area contributed by atoms with E-state index in [4.69, 9.17) is 34.3 Å². The first kappa shape index (κ1) is 81.5. The smallest absolute Gasteiger partial charge is 0.164 e. The van der Waals surface area contributed by atoms with Crippen LogP contribution in [0.4, 0.5) is 0 Å². The Morgan fingerprint density at radius 1 is 0.164 bits per heavy atom. The molecule has 4 aromatic heterocycles. The van der Waals surface area contributed by atoms with E-state index in [9.17, 15) is 10.5 Å². The molecule has 4 heterocycles. The quantitative estimate of drug-likeness (QED) is 0.0980. The molecule has 0 saturated carbocycles. The van der Waals surface area contributed by atoms with Gasteiger partial charge in [0.25, 0.3) is 0 Å². The SMILES string of the molecule is N#Cc1ccc(-c2ccc3c4c(ccc(-c5ccc(-c6ccc(-c7ccc(-c8nc(-c9ccccc9)nc(-c9ccc(-n%10c%11ccccc%11c%11ccccc%11%10)cc9)n8)cc7)cc6)cc5)c24)-c2ccccc2-3)cc1.N#Cc1ccc(-c2ccc3c4c(ccc(-c5ccc(-c6ccc(-c7ccc(-c8nc(-c9ccccc9)nc(-c9cccc%10oc%11ccccc%11c9%10)n8)cc7)cc6)cc5)c24)-c2ccccc2-3)cc1. The molecule has 0 aliphatic heterocycles. The molecule has 21 aromatic carbocycles. The van der Waals surface area contributed by atoms with Gasteiger partial charge in [0.2, 0.25) is 0 Å². The fourth-order valence-corrected chi connectivity index (χ4v) is 20.8. The summed E-state index contributed by atoms with van der Waals surface area (Å²) in [6.45, 7) is 0. The van der Waals surface area contributed by atoms with Gasteiger partial charge in [0.05, 0.1) is 34.3 Å². The van der Waals surface area contributed by atoms with Crippen LogP contribution in [-0.2, 0) is 0 Å². The molecule has 2 aliphatic rings. The molecule has 2 aliphatic carbocycles. The number of hydrogen-bond donors (Lipinski definition) is 0. The molecule has 0 unspecified atom stereocenters. The van der Waals surface area contributed by atoms with Crippen LogP contribution in [0.25, 0.3) is 273 Å². The lowest BCUT2D eigenvalue weighted by Gasteiger charge is -2.15. The summed E-state index contributed by atoms with van der Waals surface area (Å²) < 4.78 is 8.55. The molecule has 25 aromatic rings. The largest absolute Gasteiger partial charge is 0.456 e. The minimum Gasteiger partial charge on any atom is -0.456 e. The van der Waals surface area contributed by atoms with E-state index in [1.165, 1.54) is 99.0 Å². The molecule has 0 amide bonds. The lowest BCUT2D eigenvalue weighted by atomic mass is 9.88. The van der Waals surface area contributed by atoms with Gasteiger partial charge in [-0.2, -0.15) is 10.5 Å². The molecule has 0 spiro atoms. The molecule has 27 rings (SSSR count). The van der Waals surface area contributed by atoms with Gasteiger partial charge in [-0.15, -0.1) is 0 Å². The van der Waals surface area contributed by atoms with E-state index in [1.807, 2.05) is 115 Å². The Kier molecular flexibility index (Phi) is 19.8. The van der Waals surface area contributed by atoms with Crippen LogP contribution < -0.4 is 0 Å². The first-order chi connectivity index (χ1) is 69.3. The van der Waals surface area contributed by atoms with Gasteiger partial charge >= 0.3 is 0 Å². The number of hydrogen-bond acceptors (Lipinski definition) is 9. The van der Waals surface area contributed by atoms with E-state index in [1.54, 1.807) is 0 Å². The average Bonchev–Trinajstić information content (AvgIpc) is 1.56. The molecule has 10 heteroatoms. The van der Waals surface area contributed by atoms with E-state index in [-0.39, 0.29) is 0 Å². The van der Waals surface area contributed by atoms with Crippen molar-refractivity contribution in [2.45, 2.75) is 0 Å². The number of nitrogens with zero attached hydrogens (tertiary/aromatic N) is 9. The second-order valence-corrected chi connectivity index (χ2v) is 35.6. The average molecular weight is 1780 g/mol. The van der Waals surface area contributed by atoms with Crippen LogP contribution in [0.15, 0.2) is 472 Å². The highest BCUT2D eigenvalue weighted by Gasteiger charge is 2.29. The van der Waals surface area contributed by atoms with Crippen molar-refractivity contribution in [2.75, 3.05) is 0 Å². The Morgan fingerprint density at radius 2 is 0.407 bits per heavy atom. The van der Waals surface area contributed by atoms with Gasteiger partial charge in [-0.05, 0) is 228 Å². The summed E-state index contributed by atoms with van der Waals surface area (Å²) in [6, 6.07) is 168. The predicted octanol–water partition coefficient (Wildman–Crippen LogP) is 33.4. The van der Waals surface area contributed by atoms with Crippen molar-refractivity contribution < 1.29 is 4.42 Å². The Hall–Kier alpha value is -19.3. The van der Waals surface area contributed by atoms with Crippen molar-refractivity contribution >= 4 is 65.3 Å². The topological polar surface area (TPSA) is 143 Å². The molecule has 140 heavy (non-hydrogen) atoms. The summed E-state index contributed by atoms with van der Waals surface area (Å²) in [7, 11) is 0. The molecule has 0 fully saturated rings. The van der Waals surface area contributed by atoms with Crippen LogP contribution >= 0.6 is 0 Å². The van der Waals surface area contributed by atoms with Crippen LogP contribution in [0.1, 0.15) is 11.1 Å². The predicted molar refractivity (Wildman–Crippen MR) is 571 cm³/mol. The molecule has 0 N–H and O–H groups in total. The molecule has 0 radical (unpaired) electrons. The third kappa shape index (κ3) is 14.3. The number of para-hydroxylation sites is 3. The number of rotatable bonds is 15. The van der Waals surface area contributed by atoms with Crippen LogP contribution in [0.3, 0.4) is 0 Å². The molecule has 0 bridgehead atoms. The Balaban J connectivity index is 0.000000145. The minimum absolute atomic E-state index is 0.595. The number of aromatic nitrogens is 7. The van der Waals surface area contributed by atoms with Crippen LogP contribution in [0.2, 0.25) is 0 Å². The first-order valence-corrected chi connectivity index (χ1v) is 46.9. The number of nitriles is 2. The van der Waals surface area contributed by atoms with Crippen LogP contribution in [-0.4, -0.2) is 34.5 Å². The fraction of sp³-hybridized carbons (Fsp3) is 0. The van der Waals surface area contributed by atoms with E-state index in [0.29, 0.717) is 46.1 Å².